The third-order valence-corrected chi connectivity index (χ3v) is 9.86. The maximum Gasteiger partial charge on any atom is 0.308 e. The Morgan fingerprint density at radius 1 is 1.00 bits per heavy atom. The molecular formula is C21H20Br2ClN3O6. The van der Waals surface area contributed by atoms with E-state index in [4.69, 9.17) is 16.3 Å². The Balaban J connectivity index is 1.20. The lowest BCUT2D eigenvalue weighted by atomic mass is 9.81. The van der Waals surface area contributed by atoms with Gasteiger partial charge in [0.05, 0.1) is 18.3 Å². The van der Waals surface area contributed by atoms with Gasteiger partial charge in [-0.3, -0.25) is 39.7 Å². The van der Waals surface area contributed by atoms with Crippen LogP contribution in [0.1, 0.15) is 23.2 Å². The number of nitrogens with zero attached hydrogens (tertiary/aromatic N) is 1. The van der Waals surface area contributed by atoms with Crippen molar-refractivity contribution in [3.8, 4) is 0 Å². The molecule has 2 bridgehead atoms. The molecule has 1 aliphatic heterocycles. The first kappa shape index (κ1) is 24.2. The summed E-state index contributed by atoms with van der Waals surface area (Å²) in [5, 5.41) is 0.468. The zero-order chi connectivity index (χ0) is 23.9. The monoisotopic (exact) mass is 603 g/mol. The molecule has 1 heterocycles. The Labute approximate surface area is 211 Å². The highest BCUT2D eigenvalue weighted by molar-refractivity contribution is 9.12. The Bertz CT molecular complexity index is 974. The highest BCUT2D eigenvalue weighted by Gasteiger charge is 2.66. The van der Waals surface area contributed by atoms with Crippen molar-refractivity contribution in [1.29, 1.82) is 0 Å². The molecule has 4 rings (SSSR count). The van der Waals surface area contributed by atoms with E-state index in [1.165, 1.54) is 24.3 Å². The third-order valence-electron chi connectivity index (χ3n) is 6.40. The Morgan fingerprint density at radius 2 is 1.58 bits per heavy atom. The van der Waals surface area contributed by atoms with Crippen LogP contribution < -0.4 is 10.9 Å². The first-order valence-corrected chi connectivity index (χ1v) is 12.5. The SMILES string of the molecule is O=C(COC(=O)CCN1C(=O)[C@@H]2[C@H]3C[C@@H]([C@H](Br)[C@H]3Br)[C@@H]2C1=O)NNC(=O)c1ccc(Cl)cc1. The summed E-state index contributed by atoms with van der Waals surface area (Å²) < 4.78 is 4.89. The van der Waals surface area contributed by atoms with Gasteiger partial charge < -0.3 is 4.74 Å². The van der Waals surface area contributed by atoms with Crippen molar-refractivity contribution in [1.82, 2.24) is 15.8 Å². The van der Waals surface area contributed by atoms with Crippen molar-refractivity contribution in [2.45, 2.75) is 22.5 Å². The molecule has 4 amide bonds. The predicted octanol–water partition coefficient (Wildman–Crippen LogP) is 1.81. The number of esters is 1. The standard InChI is InChI=1S/C21H20Br2ClN3O6/c22-17-11-7-12(18(17)23)16-15(11)20(31)27(21(16)32)6-5-14(29)33-8-13(28)25-26-19(30)9-1-3-10(24)4-2-9/h1-4,11-12,15-18H,5-8H2,(H,25,28)(H,26,30)/t11-,12-,15-,16+,17+,18+/m1/s1. The number of benzene rings is 1. The largest absolute Gasteiger partial charge is 0.455 e. The van der Waals surface area contributed by atoms with Crippen molar-refractivity contribution in [2.75, 3.05) is 13.2 Å². The van der Waals surface area contributed by atoms with E-state index in [9.17, 15) is 24.0 Å². The Morgan fingerprint density at radius 3 is 2.15 bits per heavy atom. The molecule has 3 aliphatic rings. The lowest BCUT2D eigenvalue weighted by Crippen LogP contribution is -2.43. The van der Waals surface area contributed by atoms with Gasteiger partial charge in [-0.1, -0.05) is 43.5 Å². The molecule has 2 N–H and O–H groups in total. The van der Waals surface area contributed by atoms with Gasteiger partial charge in [0.1, 0.15) is 0 Å². The number of carbonyl (C=O) groups excluding carboxylic acids is 5. The van der Waals surface area contributed by atoms with E-state index in [0.29, 0.717) is 5.02 Å². The first-order chi connectivity index (χ1) is 15.7. The lowest BCUT2D eigenvalue weighted by molar-refractivity contribution is -0.150. The minimum absolute atomic E-state index is 0.0855. The maximum absolute atomic E-state index is 12.8. The van der Waals surface area contributed by atoms with Crippen LogP contribution in [0.2, 0.25) is 5.02 Å². The molecule has 2 saturated carbocycles. The van der Waals surface area contributed by atoms with E-state index < -0.39 is 24.4 Å². The molecule has 12 heteroatoms. The fourth-order valence-electron chi connectivity index (χ4n) is 4.89. The van der Waals surface area contributed by atoms with Gasteiger partial charge in [0, 0.05) is 26.8 Å². The van der Waals surface area contributed by atoms with Crippen LogP contribution in [0.4, 0.5) is 0 Å². The van der Waals surface area contributed by atoms with Crippen LogP contribution in [-0.4, -0.2) is 57.3 Å². The second kappa shape index (κ2) is 9.71. The summed E-state index contributed by atoms with van der Waals surface area (Å²) in [5.74, 6) is -2.99. The number of amides is 4. The van der Waals surface area contributed by atoms with Crippen LogP contribution in [0.5, 0.6) is 0 Å². The highest BCUT2D eigenvalue weighted by Crippen LogP contribution is 2.60. The second-order valence-corrected chi connectivity index (χ2v) is 10.8. The minimum Gasteiger partial charge on any atom is -0.455 e. The van der Waals surface area contributed by atoms with Crippen LogP contribution in [0, 0.1) is 23.7 Å². The van der Waals surface area contributed by atoms with E-state index in [1.807, 2.05) is 0 Å². The van der Waals surface area contributed by atoms with Crippen molar-refractivity contribution in [3.05, 3.63) is 34.9 Å². The number of carbonyl (C=O) groups is 5. The van der Waals surface area contributed by atoms with Crippen molar-refractivity contribution in [3.63, 3.8) is 0 Å². The molecule has 0 spiro atoms. The summed E-state index contributed by atoms with van der Waals surface area (Å²) in [6, 6.07) is 6.04. The number of hydrogen-bond acceptors (Lipinski definition) is 6. The van der Waals surface area contributed by atoms with Crippen LogP contribution in [-0.2, 0) is 23.9 Å². The third kappa shape index (κ3) is 4.67. The van der Waals surface area contributed by atoms with Crippen LogP contribution in [0.25, 0.3) is 0 Å². The van der Waals surface area contributed by atoms with Gasteiger partial charge in [-0.15, -0.1) is 0 Å². The van der Waals surface area contributed by atoms with Crippen LogP contribution in [0.15, 0.2) is 24.3 Å². The number of imide groups is 1. The van der Waals surface area contributed by atoms with E-state index in [-0.39, 0.29) is 63.7 Å². The van der Waals surface area contributed by atoms with Crippen molar-refractivity contribution >= 4 is 73.1 Å². The molecule has 33 heavy (non-hydrogen) atoms. The molecule has 2 aliphatic carbocycles. The number of likely N-dealkylation sites (tertiary alicyclic amines) is 1. The van der Waals surface area contributed by atoms with Crippen molar-refractivity contribution < 1.29 is 28.7 Å². The molecule has 176 valence electrons. The Hall–Kier alpha value is -1.98. The molecule has 9 nitrogen and oxygen atoms in total. The normalized spacial score (nSPS) is 29.7. The fourth-order valence-corrected chi connectivity index (χ4v) is 6.89. The summed E-state index contributed by atoms with van der Waals surface area (Å²) in [4.78, 5) is 62.8. The smallest absolute Gasteiger partial charge is 0.308 e. The van der Waals surface area contributed by atoms with Gasteiger partial charge >= 0.3 is 5.97 Å². The maximum atomic E-state index is 12.8. The van der Waals surface area contributed by atoms with E-state index in [0.717, 1.165) is 11.3 Å². The number of nitrogens with one attached hydrogen (secondary N) is 2. The number of alkyl halides is 2. The summed E-state index contributed by atoms with van der Waals surface area (Å²) in [6.07, 6.45) is 0.615. The molecular weight excluding hydrogens is 586 g/mol. The zero-order valence-corrected chi connectivity index (χ0v) is 21.1. The van der Waals surface area contributed by atoms with Gasteiger partial charge in [-0.25, -0.2) is 0 Å². The van der Waals surface area contributed by atoms with Gasteiger partial charge in [-0.05, 0) is 42.5 Å². The molecule has 1 aromatic rings. The minimum atomic E-state index is -0.739. The average molecular weight is 606 g/mol. The average Bonchev–Trinajstić information content (AvgIpc) is 3.40. The quantitative estimate of drug-likeness (QED) is 0.221. The zero-order valence-electron chi connectivity index (χ0n) is 17.1. The molecule has 0 radical (unpaired) electrons. The molecule has 6 atom stereocenters. The van der Waals surface area contributed by atoms with Crippen LogP contribution >= 0.6 is 43.5 Å². The second-order valence-electron chi connectivity index (χ2n) is 8.25. The first-order valence-electron chi connectivity index (χ1n) is 10.3. The number of halogens is 3. The molecule has 0 unspecified atom stereocenters. The Kier molecular flexibility index (Phi) is 7.11. The van der Waals surface area contributed by atoms with Crippen LogP contribution in [0.3, 0.4) is 0 Å². The van der Waals surface area contributed by atoms with E-state index >= 15 is 0 Å². The summed E-state index contributed by atoms with van der Waals surface area (Å²) in [7, 11) is 0. The van der Waals surface area contributed by atoms with Gasteiger partial charge in [0.2, 0.25) is 11.8 Å². The molecule has 0 aromatic heterocycles. The van der Waals surface area contributed by atoms with E-state index in [2.05, 4.69) is 42.7 Å². The summed E-state index contributed by atoms with van der Waals surface area (Å²) >= 11 is 13.0. The topological polar surface area (TPSA) is 122 Å². The van der Waals surface area contributed by atoms with Gasteiger partial charge in [-0.2, -0.15) is 0 Å². The lowest BCUT2D eigenvalue weighted by Gasteiger charge is -2.28. The number of fused-ring (bicyclic) bond motifs is 5. The van der Waals surface area contributed by atoms with Crippen molar-refractivity contribution in [2.24, 2.45) is 23.7 Å². The highest BCUT2D eigenvalue weighted by atomic mass is 79.9. The molecule has 1 saturated heterocycles. The number of hydrogen-bond donors (Lipinski definition) is 2. The van der Waals surface area contributed by atoms with Gasteiger partial charge in [0.15, 0.2) is 6.61 Å². The fraction of sp³-hybridized carbons (Fsp3) is 0.476. The summed E-state index contributed by atoms with van der Waals surface area (Å²) in [5.41, 5.74) is 4.62. The molecule has 3 fully saturated rings. The number of hydrazine groups is 1. The van der Waals surface area contributed by atoms with Gasteiger partial charge in [0.25, 0.3) is 11.8 Å². The number of rotatable bonds is 6. The molecule has 1 aromatic carbocycles. The summed E-state index contributed by atoms with van der Waals surface area (Å²) in [6.45, 7) is -0.703. The number of ether oxygens (including phenoxy) is 1. The predicted molar refractivity (Wildman–Crippen MR) is 123 cm³/mol. The van der Waals surface area contributed by atoms with E-state index in [1.54, 1.807) is 0 Å².